The third-order valence-corrected chi connectivity index (χ3v) is 7.32. The molecule has 9 heteroatoms. The molecule has 0 aliphatic carbocycles. The Bertz CT molecular complexity index is 1330. The van der Waals surface area contributed by atoms with Crippen molar-refractivity contribution in [1.82, 2.24) is 14.5 Å². The maximum atomic E-state index is 12.6. The molecule has 2 aromatic carbocycles. The molecule has 0 saturated carbocycles. The first-order chi connectivity index (χ1) is 18.1. The highest BCUT2D eigenvalue weighted by atomic mass is 32.2. The molecule has 0 bridgehead atoms. The molecule has 190 valence electrons. The average Bonchev–Trinajstić information content (AvgIpc) is 3.37. The van der Waals surface area contributed by atoms with Crippen LogP contribution in [0.3, 0.4) is 0 Å². The van der Waals surface area contributed by atoms with Crippen molar-refractivity contribution in [2.45, 2.75) is 36.7 Å². The topological polar surface area (TPSA) is 98.5 Å². The maximum absolute atomic E-state index is 12.6. The van der Waals surface area contributed by atoms with Crippen LogP contribution in [0.2, 0.25) is 0 Å². The number of nitrogens with zero attached hydrogens (tertiary/aromatic N) is 3. The molecule has 37 heavy (non-hydrogen) atoms. The van der Waals surface area contributed by atoms with Gasteiger partial charge in [-0.2, -0.15) is 0 Å². The predicted molar refractivity (Wildman–Crippen MR) is 141 cm³/mol. The zero-order chi connectivity index (χ0) is 25.6. The van der Waals surface area contributed by atoms with Gasteiger partial charge < -0.3 is 24.5 Å². The van der Waals surface area contributed by atoms with Crippen LogP contribution in [0.5, 0.6) is 0 Å². The smallest absolute Gasteiger partial charge is 0.257 e. The summed E-state index contributed by atoms with van der Waals surface area (Å²) in [4.78, 5) is 21.0. The summed E-state index contributed by atoms with van der Waals surface area (Å²) in [6, 6.07) is 18.8. The highest BCUT2D eigenvalue weighted by Crippen LogP contribution is 2.39. The second-order valence-corrected chi connectivity index (χ2v) is 9.79. The number of pyridine rings is 1. The standard InChI is InChI=1S/C28H28N4O4S/c1-32-13-12-30-28(32)37-18-24-15-25(20-9-7-19(17-33)8-10-20)36-27(35-24)21-4-2-6-23(14-21)31-26(34)22-5-3-11-29-16-22/h2-14,16,24-25,27,33H,15,17-18H2,1H3,(H,31,34)/t24-,25+,27+/m1/s1. The number of hydrogen-bond acceptors (Lipinski definition) is 7. The van der Waals surface area contributed by atoms with Gasteiger partial charge in [-0.15, -0.1) is 0 Å². The third-order valence-electron chi connectivity index (χ3n) is 6.13. The molecule has 2 aromatic heterocycles. The van der Waals surface area contributed by atoms with Gasteiger partial charge in [0.2, 0.25) is 0 Å². The Balaban J connectivity index is 1.35. The Kier molecular flexibility index (Phi) is 7.96. The molecule has 0 unspecified atom stereocenters. The van der Waals surface area contributed by atoms with E-state index in [0.29, 0.717) is 23.4 Å². The number of aromatic nitrogens is 3. The van der Waals surface area contributed by atoms with E-state index in [1.165, 1.54) is 6.20 Å². The molecule has 3 atom stereocenters. The first kappa shape index (κ1) is 25.2. The van der Waals surface area contributed by atoms with Crippen LogP contribution in [0.1, 0.15) is 45.9 Å². The van der Waals surface area contributed by atoms with Gasteiger partial charge in [0.1, 0.15) is 0 Å². The normalized spacial score (nSPS) is 19.5. The SMILES string of the molecule is Cn1ccnc1SC[C@H]1C[C@@H](c2ccc(CO)cc2)O[C@@H](c2cccc(NC(=O)c3cccnc3)c2)O1. The molecule has 1 aliphatic rings. The summed E-state index contributed by atoms with van der Waals surface area (Å²) in [5.41, 5.74) is 3.82. The molecule has 5 rings (SSSR count). The van der Waals surface area contributed by atoms with Crippen LogP contribution >= 0.6 is 11.8 Å². The molecule has 8 nitrogen and oxygen atoms in total. The van der Waals surface area contributed by atoms with Crippen LogP contribution in [0.4, 0.5) is 5.69 Å². The Hall–Kier alpha value is -3.50. The molecule has 1 aliphatic heterocycles. The summed E-state index contributed by atoms with van der Waals surface area (Å²) in [5, 5.41) is 13.3. The number of thioether (sulfide) groups is 1. The van der Waals surface area contributed by atoms with Gasteiger partial charge in [-0.3, -0.25) is 9.78 Å². The monoisotopic (exact) mass is 516 g/mol. The Morgan fingerprint density at radius 3 is 2.70 bits per heavy atom. The number of ether oxygens (including phenoxy) is 2. The molecule has 2 N–H and O–H groups in total. The highest BCUT2D eigenvalue weighted by Gasteiger charge is 2.32. The lowest BCUT2D eigenvalue weighted by atomic mass is 10.0. The number of benzene rings is 2. The highest BCUT2D eigenvalue weighted by molar-refractivity contribution is 7.99. The number of carbonyl (C=O) groups is 1. The zero-order valence-electron chi connectivity index (χ0n) is 20.4. The Morgan fingerprint density at radius 1 is 1.11 bits per heavy atom. The van der Waals surface area contributed by atoms with E-state index in [1.807, 2.05) is 66.3 Å². The predicted octanol–water partition coefficient (Wildman–Crippen LogP) is 4.90. The molecule has 0 spiro atoms. The molecule has 3 heterocycles. The molecule has 1 amide bonds. The third kappa shape index (κ3) is 6.26. The van der Waals surface area contributed by atoms with Crippen molar-refractivity contribution in [2.24, 2.45) is 7.05 Å². The van der Waals surface area contributed by atoms with Crippen LogP contribution in [0.15, 0.2) is 90.6 Å². The van der Waals surface area contributed by atoms with Crippen LogP contribution in [0.25, 0.3) is 0 Å². The first-order valence-electron chi connectivity index (χ1n) is 12.0. The van der Waals surface area contributed by atoms with Crippen LogP contribution < -0.4 is 5.32 Å². The van der Waals surface area contributed by atoms with Crippen molar-refractivity contribution < 1.29 is 19.4 Å². The Labute approximate surface area is 219 Å². The number of aliphatic hydroxyl groups excluding tert-OH is 1. The fourth-order valence-electron chi connectivity index (χ4n) is 4.14. The van der Waals surface area contributed by atoms with E-state index >= 15 is 0 Å². The lowest BCUT2D eigenvalue weighted by Gasteiger charge is -2.36. The molecular formula is C28H28N4O4S. The van der Waals surface area contributed by atoms with Crippen molar-refractivity contribution in [3.63, 3.8) is 0 Å². The number of anilines is 1. The lowest BCUT2D eigenvalue weighted by Crippen LogP contribution is -2.31. The van der Waals surface area contributed by atoms with Gasteiger partial charge in [0.05, 0.1) is 24.4 Å². The zero-order valence-corrected chi connectivity index (χ0v) is 21.2. The molecule has 1 saturated heterocycles. The fraction of sp³-hybridized carbons (Fsp3) is 0.250. The largest absolute Gasteiger partial charge is 0.392 e. The summed E-state index contributed by atoms with van der Waals surface area (Å²) < 4.78 is 14.8. The van der Waals surface area contributed by atoms with Gasteiger partial charge in [0, 0.05) is 55.3 Å². The quantitative estimate of drug-likeness (QED) is 0.322. The van der Waals surface area contributed by atoms with E-state index in [-0.39, 0.29) is 24.7 Å². The number of aliphatic hydroxyl groups is 1. The van der Waals surface area contributed by atoms with E-state index in [4.69, 9.17) is 9.47 Å². The minimum atomic E-state index is -0.613. The van der Waals surface area contributed by atoms with Gasteiger partial charge in [-0.05, 0) is 35.4 Å². The van der Waals surface area contributed by atoms with Crippen LogP contribution in [-0.4, -0.2) is 37.4 Å². The lowest BCUT2D eigenvalue weighted by molar-refractivity contribution is -0.245. The number of hydrogen-bond donors (Lipinski definition) is 2. The van der Waals surface area contributed by atoms with Crippen molar-refractivity contribution in [1.29, 1.82) is 0 Å². The molecule has 4 aromatic rings. The van der Waals surface area contributed by atoms with E-state index in [1.54, 1.807) is 36.3 Å². The number of carbonyl (C=O) groups excluding carboxylic acids is 1. The Morgan fingerprint density at radius 2 is 1.97 bits per heavy atom. The summed E-state index contributed by atoms with van der Waals surface area (Å²) in [6.07, 6.45) is 6.67. The number of imidazole rings is 1. The van der Waals surface area contributed by atoms with Gasteiger partial charge in [0.25, 0.3) is 5.91 Å². The first-order valence-corrected chi connectivity index (χ1v) is 13.0. The van der Waals surface area contributed by atoms with Gasteiger partial charge in [0.15, 0.2) is 11.4 Å². The molecule has 1 fully saturated rings. The van der Waals surface area contributed by atoms with Gasteiger partial charge >= 0.3 is 0 Å². The van der Waals surface area contributed by atoms with Crippen LogP contribution in [0, 0.1) is 0 Å². The summed E-state index contributed by atoms with van der Waals surface area (Å²) in [6.45, 7) is -0.00196. The second kappa shape index (κ2) is 11.7. The number of rotatable bonds is 8. The fourth-order valence-corrected chi connectivity index (χ4v) is 5.09. The maximum Gasteiger partial charge on any atom is 0.257 e. The number of aryl methyl sites for hydroxylation is 1. The number of nitrogens with one attached hydrogen (secondary N) is 1. The molecule has 0 radical (unpaired) electrons. The minimum Gasteiger partial charge on any atom is -0.392 e. The summed E-state index contributed by atoms with van der Waals surface area (Å²) in [5.74, 6) is 0.481. The van der Waals surface area contributed by atoms with Crippen molar-refractivity contribution in [3.05, 3.63) is 108 Å². The minimum absolute atomic E-state index is 0.00196. The average molecular weight is 517 g/mol. The number of amides is 1. The van der Waals surface area contributed by atoms with E-state index < -0.39 is 6.29 Å². The summed E-state index contributed by atoms with van der Waals surface area (Å²) in [7, 11) is 1.97. The van der Waals surface area contributed by atoms with E-state index in [9.17, 15) is 9.90 Å². The second-order valence-electron chi connectivity index (χ2n) is 8.80. The van der Waals surface area contributed by atoms with Crippen molar-refractivity contribution in [3.8, 4) is 0 Å². The van der Waals surface area contributed by atoms with Crippen molar-refractivity contribution >= 4 is 23.4 Å². The van der Waals surface area contributed by atoms with Crippen molar-refractivity contribution in [2.75, 3.05) is 11.1 Å². The van der Waals surface area contributed by atoms with Gasteiger partial charge in [-0.25, -0.2) is 4.98 Å². The summed E-state index contributed by atoms with van der Waals surface area (Å²) >= 11 is 1.65. The molecular weight excluding hydrogens is 488 g/mol. The van der Waals surface area contributed by atoms with Crippen LogP contribution in [-0.2, 0) is 23.1 Å². The van der Waals surface area contributed by atoms with E-state index in [0.717, 1.165) is 21.8 Å². The van der Waals surface area contributed by atoms with Gasteiger partial charge in [-0.1, -0.05) is 48.2 Å². The van der Waals surface area contributed by atoms with E-state index in [2.05, 4.69) is 15.3 Å².